The Bertz CT molecular complexity index is 922. The summed E-state index contributed by atoms with van der Waals surface area (Å²) in [5.41, 5.74) is 3.94. The predicted molar refractivity (Wildman–Crippen MR) is 117 cm³/mol. The SMILES string of the molecule is CCN(CC)c1ccc(Nc2ccnc(C(=O)Nc3ccc(Cl)cc3)c2)cc1. The number of nitrogens with one attached hydrogen (secondary N) is 2. The zero-order valence-corrected chi connectivity index (χ0v) is 16.7. The van der Waals surface area contributed by atoms with Crippen molar-refractivity contribution < 1.29 is 4.79 Å². The second-order valence-corrected chi connectivity index (χ2v) is 6.67. The number of halogens is 1. The number of pyridine rings is 1. The molecule has 0 fully saturated rings. The van der Waals surface area contributed by atoms with Crippen molar-refractivity contribution in [3.63, 3.8) is 0 Å². The monoisotopic (exact) mass is 394 g/mol. The smallest absolute Gasteiger partial charge is 0.274 e. The fraction of sp³-hybridized carbons (Fsp3) is 0.182. The van der Waals surface area contributed by atoms with Crippen LogP contribution in [0.1, 0.15) is 24.3 Å². The number of carbonyl (C=O) groups excluding carboxylic acids is 1. The fourth-order valence-corrected chi connectivity index (χ4v) is 3.00. The van der Waals surface area contributed by atoms with Gasteiger partial charge >= 0.3 is 0 Å². The number of hydrogen-bond donors (Lipinski definition) is 2. The standard InChI is InChI=1S/C22H23ClN4O/c1-3-27(4-2)20-11-9-17(10-12-20)25-19-13-14-24-21(15-19)22(28)26-18-7-5-16(23)6-8-18/h5-15H,3-4H2,1-2H3,(H,24,25)(H,26,28). The molecule has 144 valence electrons. The van der Waals surface area contributed by atoms with Gasteiger partial charge in [-0.2, -0.15) is 0 Å². The zero-order chi connectivity index (χ0) is 19.9. The van der Waals surface area contributed by atoms with E-state index in [2.05, 4.69) is 46.5 Å². The average molecular weight is 395 g/mol. The van der Waals surface area contributed by atoms with Gasteiger partial charge in [0.1, 0.15) is 5.69 Å². The molecule has 6 heteroatoms. The molecule has 2 aromatic carbocycles. The second-order valence-electron chi connectivity index (χ2n) is 6.23. The van der Waals surface area contributed by atoms with Gasteiger partial charge in [0.05, 0.1) is 0 Å². The highest BCUT2D eigenvalue weighted by atomic mass is 35.5. The van der Waals surface area contributed by atoms with E-state index in [-0.39, 0.29) is 5.91 Å². The Morgan fingerprint density at radius 1 is 0.929 bits per heavy atom. The highest BCUT2D eigenvalue weighted by Crippen LogP contribution is 2.22. The van der Waals surface area contributed by atoms with E-state index in [4.69, 9.17) is 11.6 Å². The molecule has 0 saturated heterocycles. The molecule has 0 saturated carbocycles. The van der Waals surface area contributed by atoms with Crippen LogP contribution in [0.15, 0.2) is 66.9 Å². The van der Waals surface area contributed by atoms with Crippen LogP contribution in [-0.2, 0) is 0 Å². The summed E-state index contributed by atoms with van der Waals surface area (Å²) in [5.74, 6) is -0.275. The van der Waals surface area contributed by atoms with E-state index >= 15 is 0 Å². The maximum Gasteiger partial charge on any atom is 0.274 e. The van der Waals surface area contributed by atoms with Crippen LogP contribution in [0.4, 0.5) is 22.7 Å². The lowest BCUT2D eigenvalue weighted by Crippen LogP contribution is -2.21. The molecule has 0 radical (unpaired) electrons. The number of anilines is 4. The van der Waals surface area contributed by atoms with E-state index in [1.165, 1.54) is 5.69 Å². The van der Waals surface area contributed by atoms with Crippen molar-refractivity contribution in [2.75, 3.05) is 28.6 Å². The molecule has 0 aliphatic heterocycles. The number of aromatic nitrogens is 1. The first kappa shape index (κ1) is 19.7. The van der Waals surface area contributed by atoms with Gasteiger partial charge in [0.15, 0.2) is 0 Å². The molecule has 2 N–H and O–H groups in total. The summed E-state index contributed by atoms with van der Waals surface area (Å²) in [4.78, 5) is 18.9. The van der Waals surface area contributed by atoms with Crippen LogP contribution in [0.2, 0.25) is 5.02 Å². The second kappa shape index (κ2) is 9.24. The molecule has 1 heterocycles. The number of nitrogens with zero attached hydrogens (tertiary/aromatic N) is 2. The molecule has 0 bridgehead atoms. The van der Waals surface area contributed by atoms with Crippen LogP contribution in [0.25, 0.3) is 0 Å². The summed E-state index contributed by atoms with van der Waals surface area (Å²) in [7, 11) is 0. The number of rotatable bonds is 7. The molecular weight excluding hydrogens is 372 g/mol. The van der Waals surface area contributed by atoms with Crippen LogP contribution >= 0.6 is 11.6 Å². The molecule has 5 nitrogen and oxygen atoms in total. The Morgan fingerprint density at radius 2 is 1.57 bits per heavy atom. The molecule has 0 aliphatic carbocycles. The van der Waals surface area contributed by atoms with Gasteiger partial charge in [0, 0.05) is 47.1 Å². The molecule has 0 spiro atoms. The first-order valence-corrected chi connectivity index (χ1v) is 9.62. The van der Waals surface area contributed by atoms with Crippen molar-refractivity contribution in [3.8, 4) is 0 Å². The van der Waals surface area contributed by atoms with Crippen molar-refractivity contribution in [3.05, 3.63) is 77.6 Å². The maximum atomic E-state index is 12.4. The van der Waals surface area contributed by atoms with Gasteiger partial charge < -0.3 is 15.5 Å². The largest absolute Gasteiger partial charge is 0.372 e. The van der Waals surface area contributed by atoms with Gasteiger partial charge in [-0.05, 0) is 74.5 Å². The first-order valence-electron chi connectivity index (χ1n) is 9.24. The summed E-state index contributed by atoms with van der Waals surface area (Å²) in [5, 5.41) is 6.75. The quantitative estimate of drug-likeness (QED) is 0.549. The third kappa shape index (κ3) is 5.02. The van der Waals surface area contributed by atoms with Crippen molar-refractivity contribution in [2.45, 2.75) is 13.8 Å². The van der Waals surface area contributed by atoms with E-state index < -0.39 is 0 Å². The molecule has 3 aromatic rings. The Labute approximate surface area is 170 Å². The average Bonchev–Trinajstić information content (AvgIpc) is 2.72. The topological polar surface area (TPSA) is 57.3 Å². The number of hydrogen-bond acceptors (Lipinski definition) is 4. The normalized spacial score (nSPS) is 10.4. The first-order chi connectivity index (χ1) is 13.6. The Hall–Kier alpha value is -3.05. The van der Waals surface area contributed by atoms with Crippen LogP contribution in [0, 0.1) is 0 Å². The lowest BCUT2D eigenvalue weighted by atomic mass is 10.2. The summed E-state index contributed by atoms with van der Waals surface area (Å²) in [6.07, 6.45) is 1.61. The van der Waals surface area contributed by atoms with Gasteiger partial charge in [-0.3, -0.25) is 9.78 Å². The lowest BCUT2D eigenvalue weighted by molar-refractivity contribution is 0.102. The van der Waals surface area contributed by atoms with Crippen molar-refractivity contribution in [2.24, 2.45) is 0 Å². The number of amides is 1. The van der Waals surface area contributed by atoms with Gasteiger partial charge in [0.2, 0.25) is 0 Å². The third-order valence-corrected chi connectivity index (χ3v) is 4.63. The van der Waals surface area contributed by atoms with Gasteiger partial charge in [-0.15, -0.1) is 0 Å². The minimum atomic E-state index is -0.275. The van der Waals surface area contributed by atoms with E-state index in [1.54, 1.807) is 36.5 Å². The van der Waals surface area contributed by atoms with Crippen LogP contribution in [0.5, 0.6) is 0 Å². The third-order valence-electron chi connectivity index (χ3n) is 4.38. The summed E-state index contributed by atoms with van der Waals surface area (Å²) >= 11 is 5.87. The Kier molecular flexibility index (Phi) is 6.50. The van der Waals surface area contributed by atoms with E-state index in [0.29, 0.717) is 16.4 Å². The Balaban J connectivity index is 1.69. The van der Waals surface area contributed by atoms with E-state index in [9.17, 15) is 4.79 Å². The van der Waals surface area contributed by atoms with Crippen LogP contribution in [-0.4, -0.2) is 24.0 Å². The highest BCUT2D eigenvalue weighted by molar-refractivity contribution is 6.30. The molecule has 28 heavy (non-hydrogen) atoms. The molecule has 1 amide bonds. The summed E-state index contributed by atoms with van der Waals surface area (Å²) < 4.78 is 0. The van der Waals surface area contributed by atoms with E-state index in [0.717, 1.165) is 24.5 Å². The van der Waals surface area contributed by atoms with Crippen molar-refractivity contribution >= 4 is 40.3 Å². The predicted octanol–water partition coefficient (Wildman–Crippen LogP) is 5.58. The molecule has 0 unspecified atom stereocenters. The molecule has 0 aliphatic rings. The molecule has 1 aromatic heterocycles. The van der Waals surface area contributed by atoms with Gasteiger partial charge in [-0.1, -0.05) is 11.6 Å². The van der Waals surface area contributed by atoms with Crippen LogP contribution in [0.3, 0.4) is 0 Å². The molecular formula is C22H23ClN4O. The zero-order valence-electron chi connectivity index (χ0n) is 15.9. The van der Waals surface area contributed by atoms with E-state index in [1.807, 2.05) is 18.2 Å². The number of benzene rings is 2. The number of carbonyl (C=O) groups is 1. The van der Waals surface area contributed by atoms with Gasteiger partial charge in [0.25, 0.3) is 5.91 Å². The van der Waals surface area contributed by atoms with Gasteiger partial charge in [-0.25, -0.2) is 0 Å². The molecule has 0 atom stereocenters. The minimum Gasteiger partial charge on any atom is -0.372 e. The van der Waals surface area contributed by atoms with Crippen molar-refractivity contribution in [1.29, 1.82) is 0 Å². The van der Waals surface area contributed by atoms with Crippen molar-refractivity contribution in [1.82, 2.24) is 4.98 Å². The minimum absolute atomic E-state index is 0.275. The summed E-state index contributed by atoms with van der Waals surface area (Å²) in [6.45, 7) is 6.23. The maximum absolute atomic E-state index is 12.4. The fourth-order valence-electron chi connectivity index (χ4n) is 2.87. The Morgan fingerprint density at radius 3 is 2.21 bits per heavy atom. The summed E-state index contributed by atoms with van der Waals surface area (Å²) in [6, 6.07) is 18.7. The highest BCUT2D eigenvalue weighted by Gasteiger charge is 2.09. The lowest BCUT2D eigenvalue weighted by Gasteiger charge is -2.21. The van der Waals surface area contributed by atoms with Crippen LogP contribution < -0.4 is 15.5 Å². The molecule has 3 rings (SSSR count).